The van der Waals surface area contributed by atoms with Crippen LogP contribution in [0.25, 0.3) is 11.1 Å². The molecule has 1 amide bonds. The lowest BCUT2D eigenvalue weighted by Crippen LogP contribution is -2.32. The summed E-state index contributed by atoms with van der Waals surface area (Å²) in [5, 5.41) is 0. The Morgan fingerprint density at radius 2 is 1.94 bits per heavy atom. The fourth-order valence-corrected chi connectivity index (χ4v) is 4.27. The number of aromatic nitrogens is 2. The Balaban J connectivity index is 1.81. The van der Waals surface area contributed by atoms with Gasteiger partial charge in [-0.15, -0.1) is 0 Å². The summed E-state index contributed by atoms with van der Waals surface area (Å²) >= 11 is 0. The summed E-state index contributed by atoms with van der Waals surface area (Å²) in [6.07, 6.45) is -2.83. The van der Waals surface area contributed by atoms with Crippen LogP contribution < -0.4 is 4.74 Å². The Bertz CT molecular complexity index is 1230. The number of carbonyl (C=O) groups excluding carboxylic acids is 1. The number of rotatable bonds is 6. The number of methoxy groups -OCH3 is 1. The van der Waals surface area contributed by atoms with Crippen LogP contribution in [-0.4, -0.2) is 34.1 Å². The van der Waals surface area contributed by atoms with Crippen LogP contribution in [0.15, 0.2) is 42.7 Å². The van der Waals surface area contributed by atoms with Crippen LogP contribution >= 0.6 is 0 Å². The van der Waals surface area contributed by atoms with E-state index in [4.69, 9.17) is 9.47 Å². The summed E-state index contributed by atoms with van der Waals surface area (Å²) in [7, 11) is 1.37. The average molecular weight is 491 g/mol. The molecule has 1 aliphatic rings. The topological polar surface area (TPSA) is 67.4 Å². The number of imidazole rings is 1. The van der Waals surface area contributed by atoms with E-state index in [0.717, 1.165) is 12.1 Å². The minimum atomic E-state index is -4.59. The number of carbonyl (C=O) groups is 1. The van der Waals surface area contributed by atoms with Gasteiger partial charge in [-0.25, -0.2) is 14.2 Å². The number of nitrogens with one attached hydrogen (secondary N) is 1. The maximum Gasteiger partial charge on any atom is 0.416 e. The van der Waals surface area contributed by atoms with Crippen LogP contribution in [0.3, 0.4) is 0 Å². The molecule has 0 unspecified atom stereocenters. The maximum atomic E-state index is 14.6. The van der Waals surface area contributed by atoms with Crippen molar-refractivity contribution in [3.05, 3.63) is 71.1 Å². The fraction of sp³-hybridized carbons (Fsp3) is 0.360. The molecule has 3 aromatic rings. The molecule has 1 fully saturated rings. The SMILES string of the molecule is COc1cc(F)c(C(C)C)cc1-c1ccc(C(F)(F)F)cc1CN1C(=O)O[C@@H](c2ncc[nH]2)[C@@H]1C. The molecule has 0 bridgehead atoms. The first kappa shape index (κ1) is 24.6. The number of hydrogen-bond donors (Lipinski definition) is 1. The smallest absolute Gasteiger partial charge is 0.416 e. The zero-order chi connectivity index (χ0) is 25.5. The summed E-state index contributed by atoms with van der Waals surface area (Å²) < 4.78 is 66.2. The second-order valence-electron chi connectivity index (χ2n) is 8.75. The maximum absolute atomic E-state index is 14.6. The molecule has 4 rings (SSSR count). The molecule has 1 saturated heterocycles. The number of hydrogen-bond acceptors (Lipinski definition) is 4. The zero-order valence-corrected chi connectivity index (χ0v) is 19.6. The van der Waals surface area contributed by atoms with Gasteiger partial charge in [-0.2, -0.15) is 13.2 Å². The van der Waals surface area contributed by atoms with Crippen molar-refractivity contribution in [3.8, 4) is 16.9 Å². The molecular formula is C25H25F4N3O3. The molecule has 1 N–H and O–H groups in total. The number of benzene rings is 2. The number of H-pyrrole nitrogens is 1. The summed E-state index contributed by atoms with van der Waals surface area (Å²) in [5.74, 6) is -0.00917. The first-order valence-electron chi connectivity index (χ1n) is 11.1. The van der Waals surface area contributed by atoms with Gasteiger partial charge in [0.25, 0.3) is 0 Å². The standard InChI is InChI=1S/C25H25F4N3O3/c1-13(2)18-10-19(21(34-4)11-20(18)26)17-6-5-16(25(27,28)29)9-15(17)12-32-14(3)22(35-24(32)33)23-30-7-8-31-23/h5-11,13-14,22H,12H2,1-4H3,(H,30,31)/t14-,22+/m0/s1. The first-order chi connectivity index (χ1) is 16.5. The second-order valence-corrected chi connectivity index (χ2v) is 8.75. The molecule has 0 radical (unpaired) electrons. The molecule has 0 saturated carbocycles. The van der Waals surface area contributed by atoms with E-state index in [1.54, 1.807) is 19.2 Å². The van der Waals surface area contributed by atoms with E-state index < -0.39 is 35.8 Å². The van der Waals surface area contributed by atoms with Crippen molar-refractivity contribution < 1.29 is 31.8 Å². The highest BCUT2D eigenvalue weighted by Crippen LogP contribution is 2.41. The minimum absolute atomic E-state index is 0.159. The number of amides is 1. The molecule has 186 valence electrons. The second kappa shape index (κ2) is 9.24. The third-order valence-electron chi connectivity index (χ3n) is 6.19. The van der Waals surface area contributed by atoms with Gasteiger partial charge in [0.05, 0.1) is 25.3 Å². The van der Waals surface area contributed by atoms with E-state index in [-0.39, 0.29) is 23.8 Å². The molecule has 10 heteroatoms. The largest absolute Gasteiger partial charge is 0.496 e. The van der Waals surface area contributed by atoms with E-state index in [9.17, 15) is 22.4 Å². The van der Waals surface area contributed by atoms with Crippen LogP contribution in [0.4, 0.5) is 22.4 Å². The van der Waals surface area contributed by atoms with Crippen LogP contribution in [0.1, 0.15) is 55.3 Å². The van der Waals surface area contributed by atoms with Crippen LogP contribution in [0.2, 0.25) is 0 Å². The van der Waals surface area contributed by atoms with Crippen molar-refractivity contribution in [1.82, 2.24) is 14.9 Å². The van der Waals surface area contributed by atoms with Crippen molar-refractivity contribution in [2.75, 3.05) is 7.11 Å². The van der Waals surface area contributed by atoms with Gasteiger partial charge in [0.2, 0.25) is 0 Å². The highest BCUT2D eigenvalue weighted by molar-refractivity contribution is 5.76. The Hall–Kier alpha value is -3.56. The molecule has 2 aromatic carbocycles. The van der Waals surface area contributed by atoms with Crippen LogP contribution in [0.5, 0.6) is 5.75 Å². The van der Waals surface area contributed by atoms with Crippen molar-refractivity contribution in [3.63, 3.8) is 0 Å². The molecule has 2 heterocycles. The summed E-state index contributed by atoms with van der Waals surface area (Å²) in [6, 6.07) is 5.61. The van der Waals surface area contributed by atoms with Gasteiger partial charge in [0, 0.05) is 24.0 Å². The fourth-order valence-electron chi connectivity index (χ4n) is 4.27. The highest BCUT2D eigenvalue weighted by atomic mass is 19.4. The normalized spacial score (nSPS) is 18.3. The van der Waals surface area contributed by atoms with Crippen molar-refractivity contribution in [2.45, 2.75) is 51.6 Å². The summed E-state index contributed by atoms with van der Waals surface area (Å²) in [4.78, 5) is 21.1. The molecule has 35 heavy (non-hydrogen) atoms. The van der Waals surface area contributed by atoms with E-state index >= 15 is 0 Å². The lowest BCUT2D eigenvalue weighted by molar-refractivity contribution is -0.137. The van der Waals surface area contributed by atoms with Gasteiger partial charge in [0.1, 0.15) is 17.4 Å². The molecule has 6 nitrogen and oxygen atoms in total. The Morgan fingerprint density at radius 3 is 2.54 bits per heavy atom. The molecule has 0 aliphatic carbocycles. The van der Waals surface area contributed by atoms with E-state index in [0.29, 0.717) is 22.5 Å². The quantitative estimate of drug-likeness (QED) is 0.403. The van der Waals surface area contributed by atoms with Crippen LogP contribution in [-0.2, 0) is 17.5 Å². The van der Waals surface area contributed by atoms with Gasteiger partial charge in [-0.1, -0.05) is 19.9 Å². The number of halogens is 4. The van der Waals surface area contributed by atoms with Gasteiger partial charge in [-0.05, 0) is 47.7 Å². The van der Waals surface area contributed by atoms with Crippen molar-refractivity contribution in [1.29, 1.82) is 0 Å². The molecule has 0 spiro atoms. The van der Waals surface area contributed by atoms with Gasteiger partial charge < -0.3 is 14.5 Å². The monoisotopic (exact) mass is 491 g/mol. The lowest BCUT2D eigenvalue weighted by Gasteiger charge is -2.23. The molecule has 1 aromatic heterocycles. The number of aromatic amines is 1. The Labute approximate surface area is 199 Å². The number of nitrogens with zero attached hydrogens (tertiary/aromatic N) is 2. The molecule has 1 aliphatic heterocycles. The zero-order valence-electron chi connectivity index (χ0n) is 19.6. The van der Waals surface area contributed by atoms with E-state index in [1.165, 1.54) is 30.3 Å². The lowest BCUT2D eigenvalue weighted by atomic mass is 9.92. The number of cyclic esters (lactones) is 1. The third kappa shape index (κ3) is 4.69. The summed E-state index contributed by atoms with van der Waals surface area (Å²) in [5.41, 5.74) is 0.605. The predicted molar refractivity (Wildman–Crippen MR) is 120 cm³/mol. The number of ether oxygens (including phenoxy) is 2. The molecule has 2 atom stereocenters. The third-order valence-corrected chi connectivity index (χ3v) is 6.19. The summed E-state index contributed by atoms with van der Waals surface area (Å²) in [6.45, 7) is 5.22. The average Bonchev–Trinajstić information content (AvgIpc) is 3.42. The Kier molecular flexibility index (Phi) is 6.48. The predicted octanol–water partition coefficient (Wildman–Crippen LogP) is 6.45. The van der Waals surface area contributed by atoms with Gasteiger partial charge >= 0.3 is 12.3 Å². The first-order valence-corrected chi connectivity index (χ1v) is 11.1. The van der Waals surface area contributed by atoms with E-state index in [2.05, 4.69) is 9.97 Å². The van der Waals surface area contributed by atoms with Crippen molar-refractivity contribution >= 4 is 6.09 Å². The Morgan fingerprint density at radius 1 is 1.20 bits per heavy atom. The van der Waals surface area contributed by atoms with E-state index in [1.807, 2.05) is 13.8 Å². The highest BCUT2D eigenvalue weighted by Gasteiger charge is 2.41. The minimum Gasteiger partial charge on any atom is -0.496 e. The van der Waals surface area contributed by atoms with Crippen molar-refractivity contribution in [2.24, 2.45) is 0 Å². The molecular weight excluding hydrogens is 466 g/mol. The van der Waals surface area contributed by atoms with Gasteiger partial charge in [0.15, 0.2) is 6.10 Å². The van der Waals surface area contributed by atoms with Crippen LogP contribution in [0, 0.1) is 5.82 Å². The van der Waals surface area contributed by atoms with Gasteiger partial charge in [-0.3, -0.25) is 4.90 Å². The number of alkyl halides is 3.